The molecule has 0 spiro atoms. The van der Waals surface area contributed by atoms with Gasteiger partial charge in [0.1, 0.15) is 0 Å². The van der Waals surface area contributed by atoms with Gasteiger partial charge in [0.2, 0.25) is 0 Å². The van der Waals surface area contributed by atoms with Crippen molar-refractivity contribution in [3.8, 4) is 5.75 Å². The smallest absolute Gasteiger partial charge is 0.303 e. The lowest BCUT2D eigenvalue weighted by Gasteiger charge is -2.03. The molecule has 0 amide bonds. The van der Waals surface area contributed by atoms with Gasteiger partial charge in [-0.2, -0.15) is 0 Å². The molecule has 1 N–H and O–H groups in total. The summed E-state index contributed by atoms with van der Waals surface area (Å²) in [6.07, 6.45) is 4.23. The summed E-state index contributed by atoms with van der Waals surface area (Å²) in [5, 5.41) is 8.63. The number of hydrogen-bond acceptors (Lipinski definition) is 3. The van der Waals surface area contributed by atoms with E-state index in [1.165, 1.54) is 0 Å². The summed E-state index contributed by atoms with van der Waals surface area (Å²) in [6, 6.07) is 3.73. The SMILES string of the molecule is CCOc1cccn2cc(CCC(=O)O)nc12. The largest absolute Gasteiger partial charge is 0.490 e. The number of ether oxygens (including phenoxy) is 1. The quantitative estimate of drug-likeness (QED) is 0.856. The Morgan fingerprint density at radius 1 is 1.59 bits per heavy atom. The summed E-state index contributed by atoms with van der Waals surface area (Å²) >= 11 is 0. The first kappa shape index (κ1) is 11.4. The van der Waals surface area contributed by atoms with Crippen LogP contribution in [0.25, 0.3) is 5.65 Å². The van der Waals surface area contributed by atoms with Crippen LogP contribution in [0.1, 0.15) is 19.0 Å². The number of fused-ring (bicyclic) bond motifs is 1. The zero-order valence-corrected chi connectivity index (χ0v) is 9.59. The van der Waals surface area contributed by atoms with Gasteiger partial charge in [0.25, 0.3) is 0 Å². The van der Waals surface area contributed by atoms with Crippen LogP contribution >= 0.6 is 0 Å². The predicted octanol–water partition coefficient (Wildman–Crippen LogP) is 1.75. The van der Waals surface area contributed by atoms with Crippen molar-refractivity contribution in [1.82, 2.24) is 9.38 Å². The van der Waals surface area contributed by atoms with Crippen LogP contribution in [0.5, 0.6) is 5.75 Å². The van der Waals surface area contributed by atoms with Gasteiger partial charge in [0.05, 0.1) is 18.7 Å². The number of rotatable bonds is 5. The van der Waals surface area contributed by atoms with E-state index in [1.807, 2.05) is 35.9 Å². The third kappa shape index (κ3) is 2.55. The lowest BCUT2D eigenvalue weighted by Crippen LogP contribution is -1.97. The first-order valence-corrected chi connectivity index (χ1v) is 5.52. The second-order valence-corrected chi connectivity index (χ2v) is 3.66. The van der Waals surface area contributed by atoms with Crippen LogP contribution in [0.15, 0.2) is 24.5 Å². The summed E-state index contributed by atoms with van der Waals surface area (Å²) in [5.74, 6) is -0.0938. The molecule has 2 rings (SSSR count). The van der Waals surface area contributed by atoms with Gasteiger partial charge in [-0.1, -0.05) is 0 Å². The maximum absolute atomic E-state index is 10.5. The Hall–Kier alpha value is -2.04. The van der Waals surface area contributed by atoms with E-state index in [-0.39, 0.29) is 6.42 Å². The summed E-state index contributed by atoms with van der Waals surface area (Å²) < 4.78 is 7.31. The molecule has 0 fully saturated rings. The highest BCUT2D eigenvalue weighted by atomic mass is 16.5. The second-order valence-electron chi connectivity index (χ2n) is 3.66. The molecule has 17 heavy (non-hydrogen) atoms. The molecule has 0 bridgehead atoms. The molecule has 0 aliphatic heterocycles. The average Bonchev–Trinajstić information content (AvgIpc) is 2.71. The average molecular weight is 234 g/mol. The highest BCUT2D eigenvalue weighted by Gasteiger charge is 2.08. The van der Waals surface area contributed by atoms with Crippen molar-refractivity contribution in [2.24, 2.45) is 0 Å². The number of carboxylic acids is 1. The Morgan fingerprint density at radius 2 is 2.41 bits per heavy atom. The predicted molar refractivity (Wildman–Crippen MR) is 62.3 cm³/mol. The van der Waals surface area contributed by atoms with E-state index in [0.717, 1.165) is 17.1 Å². The minimum Gasteiger partial charge on any atom is -0.490 e. The molecule has 90 valence electrons. The summed E-state index contributed by atoms with van der Waals surface area (Å²) in [6.45, 7) is 2.49. The molecule has 0 unspecified atom stereocenters. The maximum atomic E-state index is 10.5. The number of aromatic nitrogens is 2. The molecule has 0 aliphatic carbocycles. The first-order valence-electron chi connectivity index (χ1n) is 5.52. The maximum Gasteiger partial charge on any atom is 0.303 e. The van der Waals surface area contributed by atoms with Crippen LogP contribution in [0.4, 0.5) is 0 Å². The number of nitrogens with zero attached hydrogens (tertiary/aromatic N) is 2. The third-order valence-corrected chi connectivity index (χ3v) is 2.39. The molecule has 2 aromatic rings. The highest BCUT2D eigenvalue weighted by molar-refractivity contribution is 5.67. The molecule has 0 aliphatic rings. The summed E-state index contributed by atoms with van der Waals surface area (Å²) in [5.41, 5.74) is 1.49. The molecule has 0 aromatic carbocycles. The molecular weight excluding hydrogens is 220 g/mol. The van der Waals surface area contributed by atoms with Crippen LogP contribution in [0.2, 0.25) is 0 Å². The lowest BCUT2D eigenvalue weighted by molar-refractivity contribution is -0.136. The van der Waals surface area contributed by atoms with Crippen molar-refractivity contribution in [1.29, 1.82) is 0 Å². The Kier molecular flexibility index (Phi) is 3.27. The van der Waals surface area contributed by atoms with Crippen molar-refractivity contribution >= 4 is 11.6 Å². The highest BCUT2D eigenvalue weighted by Crippen LogP contribution is 2.19. The molecular formula is C12H14N2O3. The van der Waals surface area contributed by atoms with Crippen LogP contribution < -0.4 is 4.74 Å². The van der Waals surface area contributed by atoms with E-state index >= 15 is 0 Å². The topological polar surface area (TPSA) is 63.8 Å². The molecule has 0 saturated heterocycles. The van der Waals surface area contributed by atoms with Gasteiger partial charge in [0, 0.05) is 18.8 Å². The van der Waals surface area contributed by atoms with Crippen molar-refractivity contribution in [2.75, 3.05) is 6.61 Å². The Balaban J connectivity index is 2.29. The van der Waals surface area contributed by atoms with Gasteiger partial charge in [-0.3, -0.25) is 4.79 Å². The van der Waals surface area contributed by atoms with Crippen LogP contribution in [-0.4, -0.2) is 27.1 Å². The van der Waals surface area contributed by atoms with Gasteiger partial charge in [-0.05, 0) is 19.1 Å². The Bertz CT molecular complexity index is 534. The van der Waals surface area contributed by atoms with E-state index in [1.54, 1.807) is 0 Å². The fourth-order valence-corrected chi connectivity index (χ4v) is 1.66. The number of pyridine rings is 1. The van der Waals surface area contributed by atoms with Gasteiger partial charge in [-0.15, -0.1) is 0 Å². The molecule has 0 radical (unpaired) electrons. The van der Waals surface area contributed by atoms with Gasteiger partial charge in [-0.25, -0.2) is 4.98 Å². The van der Waals surface area contributed by atoms with E-state index in [4.69, 9.17) is 9.84 Å². The second kappa shape index (κ2) is 4.86. The zero-order valence-electron chi connectivity index (χ0n) is 9.59. The molecule has 5 nitrogen and oxygen atoms in total. The molecule has 5 heteroatoms. The van der Waals surface area contributed by atoms with E-state index in [0.29, 0.717) is 13.0 Å². The molecule has 0 saturated carbocycles. The van der Waals surface area contributed by atoms with Gasteiger partial charge >= 0.3 is 5.97 Å². The molecule has 2 aromatic heterocycles. The number of hydrogen-bond donors (Lipinski definition) is 1. The van der Waals surface area contributed by atoms with E-state index in [9.17, 15) is 4.79 Å². The van der Waals surface area contributed by atoms with Crippen molar-refractivity contribution in [3.63, 3.8) is 0 Å². The fraction of sp³-hybridized carbons (Fsp3) is 0.333. The number of carbonyl (C=O) groups is 1. The number of aliphatic carboxylic acids is 1. The fourth-order valence-electron chi connectivity index (χ4n) is 1.66. The van der Waals surface area contributed by atoms with E-state index in [2.05, 4.69) is 4.98 Å². The zero-order chi connectivity index (χ0) is 12.3. The van der Waals surface area contributed by atoms with Crippen LogP contribution in [-0.2, 0) is 11.2 Å². The monoisotopic (exact) mass is 234 g/mol. The summed E-state index contributed by atoms with van der Waals surface area (Å²) in [7, 11) is 0. The van der Waals surface area contributed by atoms with Crippen LogP contribution in [0, 0.1) is 0 Å². The molecule has 0 atom stereocenters. The van der Waals surface area contributed by atoms with Crippen LogP contribution in [0.3, 0.4) is 0 Å². The summed E-state index contributed by atoms with van der Waals surface area (Å²) in [4.78, 5) is 14.9. The minimum absolute atomic E-state index is 0.0911. The Morgan fingerprint density at radius 3 is 3.12 bits per heavy atom. The van der Waals surface area contributed by atoms with E-state index < -0.39 is 5.97 Å². The van der Waals surface area contributed by atoms with Crippen molar-refractivity contribution in [2.45, 2.75) is 19.8 Å². The number of imidazole rings is 1. The standard InChI is InChI=1S/C12H14N2O3/c1-2-17-10-4-3-7-14-8-9(13-12(10)14)5-6-11(15)16/h3-4,7-8H,2,5-6H2,1H3,(H,15,16). The molecule has 2 heterocycles. The normalized spacial score (nSPS) is 10.6. The Labute approximate surface area is 98.7 Å². The lowest BCUT2D eigenvalue weighted by atomic mass is 10.2. The minimum atomic E-state index is -0.813. The first-order chi connectivity index (χ1) is 8.20. The third-order valence-electron chi connectivity index (χ3n) is 2.39. The number of aryl methyl sites for hydroxylation is 1. The van der Waals surface area contributed by atoms with Gasteiger partial charge in [0.15, 0.2) is 11.4 Å². The van der Waals surface area contributed by atoms with Crippen molar-refractivity contribution < 1.29 is 14.6 Å². The number of carboxylic acid groups (broad SMARTS) is 1. The van der Waals surface area contributed by atoms with Crippen molar-refractivity contribution in [3.05, 3.63) is 30.2 Å². The van der Waals surface area contributed by atoms with Gasteiger partial charge < -0.3 is 14.2 Å².